The zero-order valence-corrected chi connectivity index (χ0v) is 11.8. The fourth-order valence-electron chi connectivity index (χ4n) is 0. The van der Waals surface area contributed by atoms with Gasteiger partial charge in [0.05, 0.1) is 0 Å². The van der Waals surface area contributed by atoms with Gasteiger partial charge in [-0.3, -0.25) is 0 Å². The van der Waals surface area contributed by atoms with Crippen LogP contribution in [0.1, 0.15) is 0 Å². The molecule has 0 aliphatic carbocycles. The van der Waals surface area contributed by atoms with Gasteiger partial charge in [-0.2, -0.15) is 0 Å². The molecular weight excluding hydrogens is 446 g/mol. The van der Waals surface area contributed by atoms with Crippen LogP contribution in [0, 0.1) is 0 Å². The molecule has 0 aromatic carbocycles. The zero-order valence-electron chi connectivity index (χ0n) is 2.00. The van der Waals surface area contributed by atoms with E-state index in [9.17, 15) is 0 Å². The normalized spacial score (nSPS) is 0. The van der Waals surface area contributed by atoms with Gasteiger partial charge in [0.15, 0.2) is 52.1 Å². The number of rotatable bonds is 0. The first kappa shape index (κ1) is 57.1. The molecule has 0 spiro atoms. The summed E-state index contributed by atoms with van der Waals surface area (Å²) in [5, 5.41) is 0. The molecule has 34 valence electrons. The first-order valence-corrected chi connectivity index (χ1v) is 0. The van der Waals surface area contributed by atoms with E-state index in [1.54, 1.807) is 0 Å². The predicted octanol–water partition coefficient (Wildman–Crippen LogP) is -3.56. The minimum atomic E-state index is 0. The molecule has 0 saturated carbocycles. The summed E-state index contributed by atoms with van der Waals surface area (Å²) in [4.78, 5) is 0. The van der Waals surface area contributed by atoms with Gasteiger partial charge in [-0.25, -0.2) is 0 Å². The Bertz CT molecular complexity index is 6.90. The average Bonchev–Trinajstić information content (AvgIpc) is 0. The molecule has 0 heterocycles. The molecule has 0 nitrogen and oxygen atoms in total. The molecule has 0 atom stereocenters. The van der Waals surface area contributed by atoms with Crippen molar-refractivity contribution in [3.05, 3.63) is 0 Å². The minimum Gasteiger partial charge on any atom is 0 e. The maximum atomic E-state index is 0. The molecule has 0 rings (SSSR count). The molecule has 0 unspecified atom stereocenters. The van der Waals surface area contributed by atoms with Crippen molar-refractivity contribution < 1.29 is 105 Å². The smallest absolute Gasteiger partial charge is 0 e. The van der Waals surface area contributed by atoms with Gasteiger partial charge >= 0.3 is 0 Å². The van der Waals surface area contributed by atoms with E-state index in [4.69, 9.17) is 0 Å². The van der Waals surface area contributed by atoms with E-state index in [-0.39, 0.29) is 157 Å². The van der Waals surface area contributed by atoms with Gasteiger partial charge in [-0.05, 0) is 0 Å². The van der Waals surface area contributed by atoms with Gasteiger partial charge in [0.1, 0.15) is 0 Å². The van der Waals surface area contributed by atoms with E-state index in [1.807, 2.05) is 0 Å². The third kappa shape index (κ3) is 35.3. The van der Waals surface area contributed by atoms with Crippen LogP contribution in [-0.2, 0) is 105 Å². The standard InChI is InChI=1S/3Al.4Zr.9H. The van der Waals surface area contributed by atoms with Crippen molar-refractivity contribution in [3.63, 3.8) is 0 Å². The van der Waals surface area contributed by atoms with Gasteiger partial charge in [0, 0.05) is 105 Å². The Balaban J connectivity index is 0. The van der Waals surface area contributed by atoms with Crippen LogP contribution in [0.25, 0.3) is 0 Å². The summed E-state index contributed by atoms with van der Waals surface area (Å²) in [7, 11) is 0. The SMILES string of the molecule is [AlH3].[AlH3].[AlH3].[Zr].[Zr].[Zr].[Zr]. The molecule has 0 aromatic rings. The molecule has 0 aromatic heterocycles. The van der Waals surface area contributed by atoms with Crippen LogP contribution in [0.5, 0.6) is 0 Å². The van der Waals surface area contributed by atoms with Crippen LogP contribution in [0.2, 0.25) is 0 Å². The summed E-state index contributed by atoms with van der Waals surface area (Å²) >= 11 is 0. The second kappa shape index (κ2) is 43.4. The summed E-state index contributed by atoms with van der Waals surface area (Å²) in [6, 6.07) is 0. The van der Waals surface area contributed by atoms with Crippen molar-refractivity contribution in [2.24, 2.45) is 0 Å². The maximum absolute atomic E-state index is 0. The average molecular weight is 455 g/mol. The van der Waals surface area contributed by atoms with Gasteiger partial charge < -0.3 is 0 Å². The second-order valence-electron chi connectivity index (χ2n) is 0. The third-order valence-electron chi connectivity index (χ3n) is 0. The Morgan fingerprint density at radius 3 is 0.286 bits per heavy atom. The Hall–Kier alpha value is 5.13. The molecule has 7 heavy (non-hydrogen) atoms. The predicted molar refractivity (Wildman–Crippen MR) is 29.8 cm³/mol. The quantitative estimate of drug-likeness (QED) is 0.332. The summed E-state index contributed by atoms with van der Waals surface area (Å²) in [5.41, 5.74) is 0. The molecule has 0 aliphatic rings. The monoisotopic (exact) mass is 450 g/mol. The molecule has 0 N–H and O–H groups in total. The molecule has 0 radical (unpaired) electrons. The molecule has 0 fully saturated rings. The van der Waals surface area contributed by atoms with E-state index in [0.717, 1.165) is 0 Å². The summed E-state index contributed by atoms with van der Waals surface area (Å²) in [6.07, 6.45) is 0. The first-order valence-electron chi connectivity index (χ1n) is 0. The van der Waals surface area contributed by atoms with Crippen molar-refractivity contribution in [3.8, 4) is 0 Å². The minimum absolute atomic E-state index is 0. The van der Waals surface area contributed by atoms with E-state index in [1.165, 1.54) is 0 Å². The fraction of sp³-hybridized carbons (Fsp3) is 0. The molecule has 0 aliphatic heterocycles. The Kier molecular flexibility index (Phi) is 354. The van der Waals surface area contributed by atoms with Crippen molar-refractivity contribution >= 4 is 52.1 Å². The summed E-state index contributed by atoms with van der Waals surface area (Å²) in [6.45, 7) is 0. The largest absolute Gasteiger partial charge is 0.187 e. The Labute approximate surface area is 153 Å². The Morgan fingerprint density at radius 1 is 0.286 bits per heavy atom. The Morgan fingerprint density at radius 2 is 0.286 bits per heavy atom. The maximum Gasteiger partial charge on any atom is 0.187 e. The molecular formula is H9Al3Zr4. The van der Waals surface area contributed by atoms with Crippen molar-refractivity contribution in [2.45, 2.75) is 0 Å². The van der Waals surface area contributed by atoms with E-state index in [0.29, 0.717) is 0 Å². The molecule has 7 heteroatoms. The van der Waals surface area contributed by atoms with Crippen LogP contribution >= 0.6 is 0 Å². The summed E-state index contributed by atoms with van der Waals surface area (Å²) in [5.74, 6) is 0. The van der Waals surface area contributed by atoms with Crippen molar-refractivity contribution in [1.82, 2.24) is 0 Å². The van der Waals surface area contributed by atoms with Crippen LogP contribution in [0.15, 0.2) is 0 Å². The van der Waals surface area contributed by atoms with Gasteiger partial charge in [0.25, 0.3) is 0 Å². The van der Waals surface area contributed by atoms with Crippen molar-refractivity contribution in [1.29, 1.82) is 0 Å². The molecule has 0 saturated heterocycles. The topological polar surface area (TPSA) is 0 Å². The van der Waals surface area contributed by atoms with Crippen LogP contribution in [0.4, 0.5) is 0 Å². The molecule has 0 bridgehead atoms. The van der Waals surface area contributed by atoms with Crippen LogP contribution < -0.4 is 0 Å². The third-order valence-corrected chi connectivity index (χ3v) is 0. The van der Waals surface area contributed by atoms with Gasteiger partial charge in [-0.15, -0.1) is 0 Å². The fourth-order valence-corrected chi connectivity index (χ4v) is 0. The van der Waals surface area contributed by atoms with Crippen LogP contribution in [-0.4, -0.2) is 52.1 Å². The van der Waals surface area contributed by atoms with E-state index < -0.39 is 0 Å². The first-order chi connectivity index (χ1) is 0. The van der Waals surface area contributed by atoms with Gasteiger partial charge in [0.2, 0.25) is 0 Å². The zero-order chi connectivity index (χ0) is 0. The van der Waals surface area contributed by atoms with Crippen LogP contribution in [0.3, 0.4) is 0 Å². The van der Waals surface area contributed by atoms with Crippen molar-refractivity contribution in [2.75, 3.05) is 0 Å². The summed E-state index contributed by atoms with van der Waals surface area (Å²) < 4.78 is 0. The van der Waals surface area contributed by atoms with E-state index in [2.05, 4.69) is 0 Å². The van der Waals surface area contributed by atoms with E-state index >= 15 is 0 Å². The van der Waals surface area contributed by atoms with Gasteiger partial charge in [-0.1, -0.05) is 0 Å². The number of hydrogen-bond donors (Lipinski definition) is 0. The number of hydrogen-bond acceptors (Lipinski definition) is 0. The molecule has 0 amide bonds. The second-order valence-corrected chi connectivity index (χ2v) is 0.